The Hall–Kier alpha value is -3.00. The van der Waals surface area contributed by atoms with Crippen molar-refractivity contribution < 1.29 is 9.18 Å². The van der Waals surface area contributed by atoms with E-state index in [0.29, 0.717) is 23.4 Å². The highest BCUT2D eigenvalue weighted by Gasteiger charge is 2.28. The summed E-state index contributed by atoms with van der Waals surface area (Å²) < 4.78 is 15.5. The fourth-order valence-electron chi connectivity index (χ4n) is 3.52. The number of pyridine rings is 1. The van der Waals surface area contributed by atoms with Crippen molar-refractivity contribution in [3.05, 3.63) is 63.9 Å². The number of hydrogen-bond acceptors (Lipinski definition) is 5. The van der Waals surface area contributed by atoms with E-state index >= 15 is 0 Å². The van der Waals surface area contributed by atoms with Gasteiger partial charge >= 0.3 is 0 Å². The van der Waals surface area contributed by atoms with Crippen molar-refractivity contribution in [3.8, 4) is 0 Å². The van der Waals surface area contributed by atoms with Crippen molar-refractivity contribution in [3.63, 3.8) is 0 Å². The van der Waals surface area contributed by atoms with Crippen LogP contribution >= 0.6 is 11.6 Å². The van der Waals surface area contributed by atoms with Crippen molar-refractivity contribution in [2.45, 2.75) is 39.3 Å². The largest absolute Gasteiger partial charge is 0.361 e. The first-order valence-corrected chi connectivity index (χ1v) is 10.1. The van der Waals surface area contributed by atoms with E-state index in [9.17, 15) is 9.18 Å². The molecule has 0 saturated heterocycles. The van der Waals surface area contributed by atoms with E-state index in [1.807, 2.05) is 31.9 Å². The summed E-state index contributed by atoms with van der Waals surface area (Å²) in [5.74, 6) is -0.356. The number of amides is 1. The molecule has 0 radical (unpaired) electrons. The molecule has 0 bridgehead atoms. The molecule has 0 saturated carbocycles. The number of rotatable bonds is 5. The molecule has 1 atom stereocenters. The van der Waals surface area contributed by atoms with Gasteiger partial charge in [0.25, 0.3) is 0 Å². The van der Waals surface area contributed by atoms with Gasteiger partial charge in [0.1, 0.15) is 11.9 Å². The van der Waals surface area contributed by atoms with Crippen LogP contribution < -0.4 is 10.2 Å². The van der Waals surface area contributed by atoms with Crippen molar-refractivity contribution in [1.82, 2.24) is 20.0 Å². The molecule has 1 aliphatic heterocycles. The molecular formula is C21H22ClFN6O. The van der Waals surface area contributed by atoms with E-state index in [1.165, 1.54) is 12.1 Å². The Balaban J connectivity index is 1.46. The van der Waals surface area contributed by atoms with Gasteiger partial charge in [-0.05, 0) is 51.0 Å². The summed E-state index contributed by atoms with van der Waals surface area (Å²) in [6.07, 6.45) is 3.13. The van der Waals surface area contributed by atoms with E-state index in [2.05, 4.69) is 20.6 Å². The van der Waals surface area contributed by atoms with Gasteiger partial charge in [0, 0.05) is 29.5 Å². The number of fused-ring (bicyclic) bond motifs is 1. The van der Waals surface area contributed by atoms with Gasteiger partial charge in [0.15, 0.2) is 0 Å². The summed E-state index contributed by atoms with van der Waals surface area (Å²) in [5, 5.41) is 11.7. The highest BCUT2D eigenvalue weighted by molar-refractivity contribution is 6.30. The van der Waals surface area contributed by atoms with Gasteiger partial charge in [-0.25, -0.2) is 9.07 Å². The number of halogens is 2. The van der Waals surface area contributed by atoms with E-state index in [4.69, 9.17) is 11.6 Å². The molecule has 1 aromatic carbocycles. The third-order valence-corrected chi connectivity index (χ3v) is 5.62. The number of benzene rings is 1. The third-order valence-electron chi connectivity index (χ3n) is 5.38. The van der Waals surface area contributed by atoms with Crippen LogP contribution in [0.1, 0.15) is 29.6 Å². The molecule has 30 heavy (non-hydrogen) atoms. The second-order valence-electron chi connectivity index (χ2n) is 7.51. The summed E-state index contributed by atoms with van der Waals surface area (Å²) in [4.78, 5) is 18.7. The van der Waals surface area contributed by atoms with Crippen LogP contribution in [0.3, 0.4) is 0 Å². The third kappa shape index (κ3) is 4.00. The molecule has 2 aromatic heterocycles. The Kier molecular flexibility index (Phi) is 5.42. The monoisotopic (exact) mass is 428 g/mol. The molecule has 1 amide bonds. The van der Waals surface area contributed by atoms with Crippen LogP contribution in [0.15, 0.2) is 30.5 Å². The van der Waals surface area contributed by atoms with E-state index in [1.54, 1.807) is 16.9 Å². The molecule has 3 aromatic rings. The Labute approximate surface area is 178 Å². The average Bonchev–Trinajstić information content (AvgIpc) is 3.16. The number of aromatic nitrogens is 4. The van der Waals surface area contributed by atoms with Crippen LogP contribution in [0.5, 0.6) is 0 Å². The minimum absolute atomic E-state index is 0.0320. The van der Waals surface area contributed by atoms with Gasteiger partial charge in [-0.2, -0.15) is 0 Å². The average molecular weight is 429 g/mol. The van der Waals surface area contributed by atoms with Gasteiger partial charge in [-0.3, -0.25) is 9.78 Å². The van der Waals surface area contributed by atoms with Crippen molar-refractivity contribution in [2.24, 2.45) is 0 Å². The van der Waals surface area contributed by atoms with Crippen molar-refractivity contribution in [2.75, 3.05) is 17.3 Å². The molecule has 9 heteroatoms. The molecule has 156 valence electrons. The Morgan fingerprint density at radius 3 is 2.80 bits per heavy atom. The lowest BCUT2D eigenvalue weighted by molar-refractivity contribution is -0.117. The van der Waals surface area contributed by atoms with E-state index in [-0.39, 0.29) is 24.3 Å². The highest BCUT2D eigenvalue weighted by Crippen LogP contribution is 2.33. The summed E-state index contributed by atoms with van der Waals surface area (Å²) in [6, 6.07) is 6.22. The van der Waals surface area contributed by atoms with Crippen LogP contribution in [0.25, 0.3) is 0 Å². The smallest absolute Gasteiger partial charge is 0.246 e. The number of nitrogens with zero attached hydrogens (tertiary/aromatic N) is 5. The maximum atomic E-state index is 13.9. The molecular weight excluding hydrogens is 407 g/mol. The Bertz CT molecular complexity index is 1110. The summed E-state index contributed by atoms with van der Waals surface area (Å²) >= 11 is 5.95. The van der Waals surface area contributed by atoms with Gasteiger partial charge in [0.2, 0.25) is 5.91 Å². The molecule has 0 unspecified atom stereocenters. The first-order valence-electron chi connectivity index (χ1n) is 9.69. The number of carbonyl (C=O) groups excluding carboxylic acids is 1. The highest BCUT2D eigenvalue weighted by atomic mass is 35.5. The number of likely N-dealkylation sites (N-methyl/N-ethyl adjacent to an activating group) is 1. The zero-order valence-corrected chi connectivity index (χ0v) is 17.7. The summed E-state index contributed by atoms with van der Waals surface area (Å²) in [6.45, 7) is 4.02. The lowest BCUT2D eigenvalue weighted by Crippen LogP contribution is -2.44. The molecule has 3 heterocycles. The zero-order chi connectivity index (χ0) is 21.4. The minimum Gasteiger partial charge on any atom is -0.361 e. The Morgan fingerprint density at radius 2 is 2.00 bits per heavy atom. The number of nitrogens with one attached hydrogen (secondary N) is 1. The first kappa shape index (κ1) is 20.3. The Morgan fingerprint density at radius 1 is 1.23 bits per heavy atom. The van der Waals surface area contributed by atoms with Crippen molar-refractivity contribution >= 4 is 28.9 Å². The van der Waals surface area contributed by atoms with E-state index in [0.717, 1.165) is 28.5 Å². The minimum atomic E-state index is -0.323. The predicted molar refractivity (Wildman–Crippen MR) is 113 cm³/mol. The standard InChI is InChI=1S/C21H22ClFN6O/c1-12-20-19(28(3)13(2)21(30)25-20)9-16(24-12)5-6-17-11-29(27-26-17)10-14-8-15(22)4-7-18(14)23/h4,7-9,11,13H,5-6,10H2,1-3H3,(H,25,30)/t13-/m0/s1. The predicted octanol–water partition coefficient (Wildman–Crippen LogP) is 3.38. The fourth-order valence-corrected chi connectivity index (χ4v) is 3.71. The molecule has 1 N–H and O–H groups in total. The molecule has 0 fully saturated rings. The topological polar surface area (TPSA) is 75.9 Å². The van der Waals surface area contributed by atoms with Crippen LogP contribution in [-0.2, 0) is 24.2 Å². The van der Waals surface area contributed by atoms with Gasteiger partial charge in [-0.15, -0.1) is 5.10 Å². The van der Waals surface area contributed by atoms with Crippen LogP contribution in [0.2, 0.25) is 5.02 Å². The molecule has 0 aliphatic carbocycles. The zero-order valence-electron chi connectivity index (χ0n) is 17.0. The lowest BCUT2D eigenvalue weighted by atomic mass is 10.1. The molecule has 4 rings (SSSR count). The SMILES string of the molecule is Cc1nc(CCc2cn(Cc3cc(Cl)ccc3F)nn2)cc2c1NC(=O)[C@H](C)N2C. The van der Waals surface area contributed by atoms with Crippen molar-refractivity contribution in [1.29, 1.82) is 0 Å². The fraction of sp³-hybridized carbons (Fsp3) is 0.333. The summed E-state index contributed by atoms with van der Waals surface area (Å²) in [5.41, 5.74) is 4.69. The number of anilines is 2. The number of carbonyl (C=O) groups is 1. The number of aryl methyl sites for hydroxylation is 3. The maximum absolute atomic E-state index is 13.9. The second-order valence-corrected chi connectivity index (χ2v) is 7.95. The second kappa shape index (κ2) is 8.02. The van der Waals surface area contributed by atoms with Gasteiger partial charge < -0.3 is 10.2 Å². The number of hydrogen-bond donors (Lipinski definition) is 1. The molecule has 7 nitrogen and oxygen atoms in total. The van der Waals surface area contributed by atoms with Gasteiger partial charge in [-0.1, -0.05) is 16.8 Å². The van der Waals surface area contributed by atoms with Gasteiger partial charge in [0.05, 0.1) is 29.3 Å². The summed E-state index contributed by atoms with van der Waals surface area (Å²) in [7, 11) is 1.91. The van der Waals surface area contributed by atoms with Crippen LogP contribution in [0, 0.1) is 12.7 Å². The normalized spacial score (nSPS) is 15.8. The van der Waals surface area contributed by atoms with E-state index < -0.39 is 0 Å². The first-order chi connectivity index (χ1) is 14.3. The lowest BCUT2D eigenvalue weighted by Gasteiger charge is -2.34. The molecule has 0 spiro atoms. The molecule has 1 aliphatic rings. The maximum Gasteiger partial charge on any atom is 0.246 e. The van der Waals surface area contributed by atoms with Crippen LogP contribution in [-0.4, -0.2) is 39.0 Å². The van der Waals surface area contributed by atoms with Crippen LogP contribution in [0.4, 0.5) is 15.8 Å². The quantitative estimate of drug-likeness (QED) is 0.674.